The summed E-state index contributed by atoms with van der Waals surface area (Å²) >= 11 is 0. The molecule has 2 aliphatic rings. The number of amides is 3. The lowest BCUT2D eigenvalue weighted by atomic mass is 9.65. The van der Waals surface area contributed by atoms with Crippen molar-refractivity contribution in [2.24, 2.45) is 17.1 Å². The average Bonchev–Trinajstić information content (AvgIpc) is 3.65. The van der Waals surface area contributed by atoms with Gasteiger partial charge >= 0.3 is 6.03 Å². The number of benzene rings is 1. The number of hydrogen-bond donors (Lipinski definition) is 2. The topological polar surface area (TPSA) is 104 Å². The molecule has 0 atom stereocenters. The second kappa shape index (κ2) is 9.09. The molecule has 3 N–H and O–H groups in total. The van der Waals surface area contributed by atoms with Crippen LogP contribution in [0.2, 0.25) is 0 Å². The van der Waals surface area contributed by atoms with Crippen molar-refractivity contribution < 1.29 is 9.59 Å². The number of primary amides is 1. The summed E-state index contributed by atoms with van der Waals surface area (Å²) < 4.78 is 0. The van der Waals surface area contributed by atoms with Gasteiger partial charge in [-0.25, -0.2) is 14.8 Å². The fraction of sp³-hybridized carbons (Fsp3) is 0.520. The molecule has 0 saturated heterocycles. The van der Waals surface area contributed by atoms with Crippen LogP contribution in [0, 0.1) is 11.3 Å². The fourth-order valence-corrected chi connectivity index (χ4v) is 4.93. The molecular weight excluding hydrogens is 416 g/mol. The van der Waals surface area contributed by atoms with Gasteiger partial charge in [0.25, 0.3) is 0 Å². The van der Waals surface area contributed by atoms with Crippen LogP contribution >= 0.6 is 0 Å². The van der Waals surface area contributed by atoms with Crippen LogP contribution in [-0.2, 0) is 10.3 Å². The Kier molecular flexibility index (Phi) is 6.38. The zero-order chi connectivity index (χ0) is 23.6. The molecular formula is C25H34N6O2. The van der Waals surface area contributed by atoms with E-state index in [1.165, 1.54) is 5.56 Å². The molecule has 176 valence electrons. The summed E-state index contributed by atoms with van der Waals surface area (Å²) in [5.41, 5.74) is 7.54. The SMILES string of the molecule is CN(C)C1(c2ccccc2)CCC(C)(CN(C(N)=O)c2cnc(NC(=O)C3CC3)nc2)CC1. The van der Waals surface area contributed by atoms with Crippen LogP contribution < -0.4 is 16.0 Å². The Balaban J connectivity index is 1.46. The lowest BCUT2D eigenvalue weighted by Crippen LogP contribution is -2.50. The zero-order valence-corrected chi connectivity index (χ0v) is 19.8. The predicted octanol–water partition coefficient (Wildman–Crippen LogP) is 3.75. The Morgan fingerprint density at radius 2 is 1.67 bits per heavy atom. The molecule has 2 saturated carbocycles. The van der Waals surface area contributed by atoms with Crippen LogP contribution in [0.3, 0.4) is 0 Å². The van der Waals surface area contributed by atoms with Crippen LogP contribution in [0.25, 0.3) is 0 Å². The summed E-state index contributed by atoms with van der Waals surface area (Å²) in [6.45, 7) is 2.72. The number of carbonyl (C=O) groups is 2. The molecule has 8 heteroatoms. The first-order valence-corrected chi connectivity index (χ1v) is 11.7. The van der Waals surface area contributed by atoms with Gasteiger partial charge in [0.1, 0.15) is 0 Å². The molecule has 0 unspecified atom stereocenters. The van der Waals surface area contributed by atoms with E-state index in [1.54, 1.807) is 17.3 Å². The van der Waals surface area contributed by atoms with Crippen molar-refractivity contribution in [3.8, 4) is 0 Å². The summed E-state index contributed by atoms with van der Waals surface area (Å²) in [5.74, 6) is 0.279. The molecule has 0 radical (unpaired) electrons. The van der Waals surface area contributed by atoms with E-state index >= 15 is 0 Å². The summed E-state index contributed by atoms with van der Waals surface area (Å²) in [6.07, 6.45) is 8.85. The van der Waals surface area contributed by atoms with Gasteiger partial charge in [-0.15, -0.1) is 0 Å². The lowest BCUT2D eigenvalue weighted by Gasteiger charge is -2.50. The van der Waals surface area contributed by atoms with Crippen molar-refractivity contribution in [3.05, 3.63) is 48.3 Å². The standard InChI is InChI=1S/C25H34N6O2/c1-24(11-13-25(14-12-24,30(2)3)19-7-5-4-6-8-19)17-31(22(26)33)20-15-27-23(28-16-20)29-21(32)18-9-10-18/h4-8,15-16,18H,9-14,17H2,1-3H3,(H2,26,33)(H,27,28,29,32). The first-order valence-electron chi connectivity index (χ1n) is 11.7. The molecule has 2 aliphatic carbocycles. The highest BCUT2D eigenvalue weighted by Gasteiger charge is 2.44. The molecule has 2 aromatic rings. The van der Waals surface area contributed by atoms with Crippen molar-refractivity contribution >= 4 is 23.6 Å². The average molecular weight is 451 g/mol. The molecule has 33 heavy (non-hydrogen) atoms. The number of carbonyl (C=O) groups excluding carboxylic acids is 2. The monoisotopic (exact) mass is 450 g/mol. The number of rotatable bonds is 7. The molecule has 0 bridgehead atoms. The van der Waals surface area contributed by atoms with Gasteiger partial charge < -0.3 is 5.73 Å². The van der Waals surface area contributed by atoms with Gasteiger partial charge in [0, 0.05) is 18.0 Å². The van der Waals surface area contributed by atoms with Gasteiger partial charge in [-0.2, -0.15) is 0 Å². The molecule has 0 aliphatic heterocycles. The quantitative estimate of drug-likeness (QED) is 0.669. The van der Waals surface area contributed by atoms with Crippen LogP contribution in [0.4, 0.5) is 16.4 Å². The van der Waals surface area contributed by atoms with Crippen molar-refractivity contribution in [1.29, 1.82) is 0 Å². The summed E-state index contributed by atoms with van der Waals surface area (Å²) in [7, 11) is 4.29. The number of aromatic nitrogens is 2. The van der Waals surface area contributed by atoms with E-state index in [2.05, 4.69) is 71.5 Å². The normalized spacial score (nSPS) is 25.0. The summed E-state index contributed by atoms with van der Waals surface area (Å²) in [4.78, 5) is 36.6. The number of nitrogens with one attached hydrogen (secondary N) is 1. The van der Waals surface area contributed by atoms with E-state index in [0.29, 0.717) is 12.2 Å². The third-order valence-corrected chi connectivity index (χ3v) is 7.39. The molecule has 1 aromatic heterocycles. The molecule has 2 fully saturated rings. The van der Waals surface area contributed by atoms with E-state index in [0.717, 1.165) is 38.5 Å². The molecule has 1 aromatic carbocycles. The fourth-order valence-electron chi connectivity index (χ4n) is 4.93. The van der Waals surface area contributed by atoms with Gasteiger partial charge in [-0.3, -0.25) is 19.9 Å². The van der Waals surface area contributed by atoms with E-state index < -0.39 is 6.03 Å². The summed E-state index contributed by atoms with van der Waals surface area (Å²) in [6, 6.07) is 10.1. The Morgan fingerprint density at radius 1 is 1.06 bits per heavy atom. The van der Waals surface area contributed by atoms with Crippen molar-refractivity contribution in [1.82, 2.24) is 14.9 Å². The minimum atomic E-state index is -0.526. The molecule has 8 nitrogen and oxygen atoms in total. The number of anilines is 2. The highest BCUT2D eigenvalue weighted by atomic mass is 16.2. The third kappa shape index (κ3) is 5.00. The van der Waals surface area contributed by atoms with Crippen molar-refractivity contribution in [2.45, 2.75) is 51.0 Å². The maximum absolute atomic E-state index is 12.3. The number of hydrogen-bond acceptors (Lipinski definition) is 5. The van der Waals surface area contributed by atoms with Gasteiger partial charge in [-0.1, -0.05) is 37.3 Å². The maximum atomic E-state index is 12.3. The largest absolute Gasteiger partial charge is 0.351 e. The van der Waals surface area contributed by atoms with E-state index in [9.17, 15) is 9.59 Å². The van der Waals surface area contributed by atoms with Crippen molar-refractivity contribution in [3.63, 3.8) is 0 Å². The van der Waals surface area contributed by atoms with Crippen LogP contribution in [0.1, 0.15) is 51.0 Å². The third-order valence-electron chi connectivity index (χ3n) is 7.39. The van der Waals surface area contributed by atoms with Crippen LogP contribution in [0.15, 0.2) is 42.7 Å². The molecule has 1 heterocycles. The smallest absolute Gasteiger partial charge is 0.319 e. The van der Waals surface area contributed by atoms with E-state index in [-0.39, 0.29) is 28.7 Å². The van der Waals surface area contributed by atoms with Crippen molar-refractivity contribution in [2.75, 3.05) is 30.9 Å². The van der Waals surface area contributed by atoms with Gasteiger partial charge in [0.05, 0.1) is 18.1 Å². The summed E-state index contributed by atoms with van der Waals surface area (Å²) in [5, 5.41) is 2.72. The highest BCUT2D eigenvalue weighted by molar-refractivity contribution is 5.93. The Hall–Kier alpha value is -3.00. The van der Waals surface area contributed by atoms with Gasteiger partial charge in [-0.05, 0) is 63.6 Å². The number of nitrogens with zero attached hydrogens (tertiary/aromatic N) is 4. The minimum absolute atomic E-state index is 0.0111. The first kappa shape index (κ1) is 23.2. The van der Waals surface area contributed by atoms with E-state index in [4.69, 9.17) is 5.73 Å². The maximum Gasteiger partial charge on any atom is 0.319 e. The Bertz CT molecular complexity index is 980. The highest BCUT2D eigenvalue weighted by Crippen LogP contribution is 2.48. The molecule has 3 amide bonds. The van der Waals surface area contributed by atoms with E-state index in [1.807, 2.05) is 0 Å². The second-order valence-corrected chi connectivity index (χ2v) is 10.1. The van der Waals surface area contributed by atoms with Crippen LogP contribution in [0.5, 0.6) is 0 Å². The van der Waals surface area contributed by atoms with Gasteiger partial charge in [0.15, 0.2) is 0 Å². The Morgan fingerprint density at radius 3 is 2.18 bits per heavy atom. The first-order chi connectivity index (χ1) is 15.7. The van der Waals surface area contributed by atoms with Gasteiger partial charge in [0.2, 0.25) is 11.9 Å². The van der Waals surface area contributed by atoms with Crippen LogP contribution in [-0.4, -0.2) is 47.4 Å². The predicted molar refractivity (Wildman–Crippen MR) is 129 cm³/mol. The minimum Gasteiger partial charge on any atom is -0.351 e. The zero-order valence-electron chi connectivity index (χ0n) is 19.8. The lowest BCUT2D eigenvalue weighted by molar-refractivity contribution is -0.117. The molecule has 4 rings (SSSR count). The number of nitrogens with two attached hydrogens (primary N) is 1. The number of urea groups is 1. The molecule has 0 spiro atoms. The Labute approximate surface area is 195 Å². The second-order valence-electron chi connectivity index (χ2n) is 10.1.